The van der Waals surface area contributed by atoms with Crippen LogP contribution < -0.4 is 0 Å². The van der Waals surface area contributed by atoms with Crippen molar-refractivity contribution in [2.45, 2.75) is 46.6 Å². The maximum absolute atomic E-state index is 11.0. The summed E-state index contributed by atoms with van der Waals surface area (Å²) in [6, 6.07) is 0. The lowest BCUT2D eigenvalue weighted by Crippen LogP contribution is -2.13. The Hall–Kier alpha value is -1.32. The molecule has 4 heteroatoms. The summed E-state index contributed by atoms with van der Waals surface area (Å²) in [5.41, 5.74) is 1.91. The first kappa shape index (κ1) is 12.7. The Morgan fingerprint density at radius 1 is 1.50 bits per heavy atom. The summed E-state index contributed by atoms with van der Waals surface area (Å²) < 4.78 is 1.90. The van der Waals surface area contributed by atoms with Crippen LogP contribution in [0.4, 0.5) is 0 Å². The number of rotatable bonds is 5. The molecule has 0 saturated heterocycles. The summed E-state index contributed by atoms with van der Waals surface area (Å²) >= 11 is 0. The smallest absolute Gasteiger partial charge is 0.310 e. The molecule has 1 atom stereocenters. The standard InChI is InChI=1S/C12H20N2O2/c1-5-14-11(6-8(2)3)10(7-13-14)9(4)12(15)16/h7-9H,5-6H2,1-4H3,(H,15,16). The maximum atomic E-state index is 11.0. The monoisotopic (exact) mass is 224 g/mol. The molecule has 4 nitrogen and oxygen atoms in total. The molecular formula is C12H20N2O2. The molecule has 1 heterocycles. The highest BCUT2D eigenvalue weighted by Crippen LogP contribution is 2.22. The van der Waals surface area contributed by atoms with Gasteiger partial charge in [-0.05, 0) is 26.2 Å². The number of carbonyl (C=O) groups is 1. The maximum Gasteiger partial charge on any atom is 0.310 e. The van der Waals surface area contributed by atoms with Gasteiger partial charge in [0.1, 0.15) is 0 Å². The first-order valence-electron chi connectivity index (χ1n) is 5.74. The second-order valence-electron chi connectivity index (χ2n) is 4.52. The van der Waals surface area contributed by atoms with Crippen molar-refractivity contribution in [1.29, 1.82) is 0 Å². The van der Waals surface area contributed by atoms with Gasteiger partial charge in [-0.25, -0.2) is 0 Å². The largest absolute Gasteiger partial charge is 0.481 e. The van der Waals surface area contributed by atoms with E-state index in [9.17, 15) is 4.79 Å². The zero-order chi connectivity index (χ0) is 12.3. The van der Waals surface area contributed by atoms with E-state index >= 15 is 0 Å². The Morgan fingerprint density at radius 2 is 2.12 bits per heavy atom. The number of aromatic nitrogens is 2. The van der Waals surface area contributed by atoms with Crippen molar-refractivity contribution in [2.75, 3.05) is 0 Å². The van der Waals surface area contributed by atoms with E-state index in [1.807, 2.05) is 11.6 Å². The molecule has 0 aromatic carbocycles. The van der Waals surface area contributed by atoms with E-state index in [0.717, 1.165) is 24.2 Å². The molecule has 1 N–H and O–H groups in total. The predicted molar refractivity (Wildman–Crippen MR) is 62.5 cm³/mol. The SMILES string of the molecule is CCn1ncc(C(C)C(=O)O)c1CC(C)C. The molecule has 90 valence electrons. The summed E-state index contributed by atoms with van der Waals surface area (Å²) in [5, 5.41) is 13.3. The summed E-state index contributed by atoms with van der Waals surface area (Å²) in [7, 11) is 0. The fourth-order valence-corrected chi connectivity index (χ4v) is 1.80. The summed E-state index contributed by atoms with van der Waals surface area (Å²) in [5.74, 6) is -0.767. The van der Waals surface area contributed by atoms with Gasteiger partial charge in [-0.2, -0.15) is 5.10 Å². The zero-order valence-electron chi connectivity index (χ0n) is 10.4. The minimum atomic E-state index is -0.791. The quantitative estimate of drug-likeness (QED) is 0.834. The topological polar surface area (TPSA) is 55.1 Å². The summed E-state index contributed by atoms with van der Waals surface area (Å²) in [6.45, 7) is 8.77. The van der Waals surface area contributed by atoms with Crippen LogP contribution in [0.1, 0.15) is 44.9 Å². The van der Waals surface area contributed by atoms with Gasteiger partial charge >= 0.3 is 5.97 Å². The summed E-state index contributed by atoms with van der Waals surface area (Å²) in [6.07, 6.45) is 2.57. The number of carboxylic acid groups (broad SMARTS) is 1. The average Bonchev–Trinajstić information content (AvgIpc) is 2.58. The van der Waals surface area contributed by atoms with E-state index in [-0.39, 0.29) is 0 Å². The molecule has 1 aromatic heterocycles. The fourth-order valence-electron chi connectivity index (χ4n) is 1.80. The van der Waals surface area contributed by atoms with Gasteiger partial charge in [0.2, 0.25) is 0 Å². The second kappa shape index (κ2) is 5.14. The van der Waals surface area contributed by atoms with Crippen LogP contribution >= 0.6 is 0 Å². The second-order valence-corrected chi connectivity index (χ2v) is 4.52. The van der Waals surface area contributed by atoms with Crippen molar-refractivity contribution in [1.82, 2.24) is 9.78 Å². The number of carboxylic acids is 1. The van der Waals surface area contributed by atoms with Crippen molar-refractivity contribution >= 4 is 5.97 Å². The minimum absolute atomic E-state index is 0.478. The van der Waals surface area contributed by atoms with Gasteiger partial charge < -0.3 is 5.11 Å². The number of aliphatic carboxylic acids is 1. The van der Waals surface area contributed by atoms with Crippen LogP contribution in [0.5, 0.6) is 0 Å². The van der Waals surface area contributed by atoms with Gasteiger partial charge in [-0.3, -0.25) is 9.48 Å². The van der Waals surface area contributed by atoms with Crippen LogP contribution in [0.25, 0.3) is 0 Å². The van der Waals surface area contributed by atoms with E-state index in [0.29, 0.717) is 5.92 Å². The molecule has 0 amide bonds. The molecule has 0 saturated carbocycles. The molecular weight excluding hydrogens is 204 g/mol. The highest BCUT2D eigenvalue weighted by molar-refractivity contribution is 5.75. The Kier molecular flexibility index (Phi) is 4.10. The Labute approximate surface area is 96.3 Å². The molecule has 1 rings (SSSR count). The molecule has 1 aromatic rings. The van der Waals surface area contributed by atoms with Crippen molar-refractivity contribution in [2.24, 2.45) is 5.92 Å². The third-order valence-electron chi connectivity index (χ3n) is 2.72. The molecule has 16 heavy (non-hydrogen) atoms. The normalized spacial score (nSPS) is 13.1. The Bertz CT molecular complexity index is 369. The average molecular weight is 224 g/mol. The molecule has 0 bridgehead atoms. The highest BCUT2D eigenvalue weighted by Gasteiger charge is 2.21. The first-order valence-corrected chi connectivity index (χ1v) is 5.74. The number of aryl methyl sites for hydroxylation is 1. The van der Waals surface area contributed by atoms with Crippen LogP contribution in [0.2, 0.25) is 0 Å². The van der Waals surface area contributed by atoms with Gasteiger partial charge in [0, 0.05) is 17.8 Å². The van der Waals surface area contributed by atoms with Gasteiger partial charge in [-0.15, -0.1) is 0 Å². The van der Waals surface area contributed by atoms with Crippen molar-refractivity contribution in [3.63, 3.8) is 0 Å². The molecule has 0 fully saturated rings. The third-order valence-corrected chi connectivity index (χ3v) is 2.72. The zero-order valence-corrected chi connectivity index (χ0v) is 10.4. The number of hydrogen-bond acceptors (Lipinski definition) is 2. The lowest BCUT2D eigenvalue weighted by molar-refractivity contribution is -0.138. The molecule has 0 aliphatic carbocycles. The van der Waals surface area contributed by atoms with Crippen molar-refractivity contribution in [3.05, 3.63) is 17.5 Å². The van der Waals surface area contributed by atoms with Gasteiger partial charge in [0.05, 0.1) is 12.1 Å². The number of hydrogen-bond donors (Lipinski definition) is 1. The van der Waals surface area contributed by atoms with Gasteiger partial charge in [0.15, 0.2) is 0 Å². The van der Waals surface area contributed by atoms with Crippen molar-refractivity contribution < 1.29 is 9.90 Å². The lowest BCUT2D eigenvalue weighted by atomic mass is 9.97. The van der Waals surface area contributed by atoms with Crippen molar-refractivity contribution in [3.8, 4) is 0 Å². The first-order chi connectivity index (χ1) is 7.47. The van der Waals surface area contributed by atoms with Crippen LogP contribution in [0.15, 0.2) is 6.20 Å². The van der Waals surface area contributed by atoms with E-state index in [1.54, 1.807) is 13.1 Å². The Morgan fingerprint density at radius 3 is 2.56 bits per heavy atom. The molecule has 1 unspecified atom stereocenters. The molecule has 0 aliphatic heterocycles. The highest BCUT2D eigenvalue weighted by atomic mass is 16.4. The number of nitrogens with zero attached hydrogens (tertiary/aromatic N) is 2. The van der Waals surface area contributed by atoms with Gasteiger partial charge in [-0.1, -0.05) is 13.8 Å². The van der Waals surface area contributed by atoms with E-state index < -0.39 is 11.9 Å². The predicted octanol–water partition coefficient (Wildman–Crippen LogP) is 2.29. The van der Waals surface area contributed by atoms with Gasteiger partial charge in [0.25, 0.3) is 0 Å². The fraction of sp³-hybridized carbons (Fsp3) is 0.667. The lowest BCUT2D eigenvalue weighted by Gasteiger charge is -2.12. The summed E-state index contributed by atoms with van der Waals surface area (Å²) in [4.78, 5) is 11.0. The third kappa shape index (κ3) is 2.62. The van der Waals surface area contributed by atoms with E-state index in [1.165, 1.54) is 0 Å². The van der Waals surface area contributed by atoms with E-state index in [2.05, 4.69) is 18.9 Å². The molecule has 0 spiro atoms. The van der Waals surface area contributed by atoms with Crippen LogP contribution in [-0.2, 0) is 17.8 Å². The van der Waals surface area contributed by atoms with E-state index in [4.69, 9.17) is 5.11 Å². The molecule has 0 aliphatic rings. The van der Waals surface area contributed by atoms with Crippen LogP contribution in [0, 0.1) is 5.92 Å². The Balaban J connectivity index is 3.08. The minimum Gasteiger partial charge on any atom is -0.481 e. The molecule has 0 radical (unpaired) electrons. The van der Waals surface area contributed by atoms with Crippen LogP contribution in [-0.4, -0.2) is 20.9 Å². The van der Waals surface area contributed by atoms with Crippen LogP contribution in [0.3, 0.4) is 0 Å².